The predicted molar refractivity (Wildman–Crippen MR) is 96.4 cm³/mol. The standard InChI is InChI=1S/C17H13IN4O/c18-17-13-8-11(2-4-15(13)21-22-17)20-14-5-6-23-16-7-10(9-19)1-3-12(14)16/h1-4,7-8,14,20H,5-6H2,(H,21,22)/t14-/m0/s1. The zero-order valence-corrected chi connectivity index (χ0v) is 14.3. The second-order valence-corrected chi connectivity index (χ2v) is 6.50. The van der Waals surface area contributed by atoms with E-state index < -0.39 is 0 Å². The second kappa shape index (κ2) is 5.74. The number of H-pyrrole nitrogens is 1. The van der Waals surface area contributed by atoms with Gasteiger partial charge in [0.1, 0.15) is 9.45 Å². The topological polar surface area (TPSA) is 73.7 Å². The highest BCUT2D eigenvalue weighted by Gasteiger charge is 2.22. The van der Waals surface area contributed by atoms with E-state index in [1.54, 1.807) is 0 Å². The molecule has 23 heavy (non-hydrogen) atoms. The van der Waals surface area contributed by atoms with Crippen LogP contribution in [0.4, 0.5) is 5.69 Å². The number of halogens is 1. The Hall–Kier alpha value is -2.27. The van der Waals surface area contributed by atoms with Crippen LogP contribution in [-0.4, -0.2) is 16.8 Å². The van der Waals surface area contributed by atoms with Gasteiger partial charge in [-0.05, 0) is 52.9 Å². The van der Waals surface area contributed by atoms with Gasteiger partial charge in [-0.25, -0.2) is 0 Å². The number of aromatic nitrogens is 2. The summed E-state index contributed by atoms with van der Waals surface area (Å²) in [6, 6.07) is 14.1. The molecule has 0 radical (unpaired) electrons. The van der Waals surface area contributed by atoms with Crippen LogP contribution in [0.3, 0.4) is 0 Å². The average Bonchev–Trinajstić information content (AvgIpc) is 2.95. The Morgan fingerprint density at radius 3 is 3.09 bits per heavy atom. The van der Waals surface area contributed by atoms with Gasteiger partial charge in [0.2, 0.25) is 0 Å². The van der Waals surface area contributed by atoms with Crippen molar-refractivity contribution < 1.29 is 4.74 Å². The molecule has 0 aliphatic carbocycles. The summed E-state index contributed by atoms with van der Waals surface area (Å²) in [6.07, 6.45) is 0.888. The first kappa shape index (κ1) is 14.3. The van der Waals surface area contributed by atoms with Crippen LogP contribution in [0.25, 0.3) is 10.9 Å². The molecule has 2 aromatic carbocycles. The number of fused-ring (bicyclic) bond motifs is 2. The Balaban J connectivity index is 1.66. The van der Waals surface area contributed by atoms with Gasteiger partial charge in [0.05, 0.1) is 29.8 Å². The van der Waals surface area contributed by atoms with Crippen molar-refractivity contribution in [1.82, 2.24) is 10.2 Å². The molecule has 0 amide bonds. The van der Waals surface area contributed by atoms with Gasteiger partial charge in [-0.15, -0.1) is 0 Å². The van der Waals surface area contributed by atoms with E-state index in [9.17, 15) is 0 Å². The van der Waals surface area contributed by atoms with Crippen molar-refractivity contribution in [3.05, 3.63) is 51.2 Å². The summed E-state index contributed by atoms with van der Waals surface area (Å²) >= 11 is 2.23. The van der Waals surface area contributed by atoms with E-state index in [-0.39, 0.29) is 6.04 Å². The molecule has 0 fully saturated rings. The predicted octanol–water partition coefficient (Wildman–Crippen LogP) is 3.97. The Bertz CT molecular complexity index is 928. The van der Waals surface area contributed by atoms with Gasteiger partial charge < -0.3 is 10.1 Å². The lowest BCUT2D eigenvalue weighted by molar-refractivity contribution is 0.274. The van der Waals surface area contributed by atoms with Gasteiger partial charge in [0.15, 0.2) is 0 Å². The Morgan fingerprint density at radius 1 is 1.30 bits per heavy atom. The van der Waals surface area contributed by atoms with Crippen molar-refractivity contribution in [2.24, 2.45) is 0 Å². The second-order valence-electron chi connectivity index (χ2n) is 5.47. The maximum Gasteiger partial charge on any atom is 0.131 e. The SMILES string of the molecule is N#Cc1ccc2c(c1)OCC[C@@H]2Nc1ccc2[nH]nc(I)c2c1. The van der Waals surface area contributed by atoms with Crippen LogP contribution in [0.15, 0.2) is 36.4 Å². The molecule has 2 heterocycles. The smallest absolute Gasteiger partial charge is 0.131 e. The normalized spacial score (nSPS) is 16.4. The van der Waals surface area contributed by atoms with Gasteiger partial charge in [0, 0.05) is 23.1 Å². The fourth-order valence-electron chi connectivity index (χ4n) is 2.88. The van der Waals surface area contributed by atoms with E-state index >= 15 is 0 Å². The van der Waals surface area contributed by atoms with Gasteiger partial charge in [0.25, 0.3) is 0 Å². The van der Waals surface area contributed by atoms with E-state index in [1.807, 2.05) is 24.3 Å². The van der Waals surface area contributed by atoms with Crippen molar-refractivity contribution in [3.63, 3.8) is 0 Å². The van der Waals surface area contributed by atoms with Crippen LogP contribution in [-0.2, 0) is 0 Å². The molecule has 0 unspecified atom stereocenters. The molecule has 1 atom stereocenters. The maximum atomic E-state index is 9.02. The van der Waals surface area contributed by atoms with Crippen LogP contribution in [0.5, 0.6) is 5.75 Å². The first-order valence-corrected chi connectivity index (χ1v) is 8.39. The van der Waals surface area contributed by atoms with E-state index in [4.69, 9.17) is 10.00 Å². The van der Waals surface area contributed by atoms with E-state index in [0.29, 0.717) is 12.2 Å². The molecule has 0 bridgehead atoms. The summed E-state index contributed by atoms with van der Waals surface area (Å²) in [6.45, 7) is 0.644. The minimum Gasteiger partial charge on any atom is -0.493 e. The molecule has 0 spiro atoms. The minimum atomic E-state index is 0.175. The summed E-state index contributed by atoms with van der Waals surface area (Å²) in [4.78, 5) is 0. The number of rotatable bonds is 2. The van der Waals surface area contributed by atoms with Gasteiger partial charge in [-0.2, -0.15) is 10.4 Å². The lowest BCUT2D eigenvalue weighted by atomic mass is 9.98. The first-order chi connectivity index (χ1) is 11.2. The molecule has 1 aromatic heterocycles. The number of benzene rings is 2. The van der Waals surface area contributed by atoms with Gasteiger partial charge in [-0.3, -0.25) is 5.10 Å². The molecule has 1 aliphatic rings. The minimum absolute atomic E-state index is 0.175. The van der Waals surface area contributed by atoms with Crippen molar-refractivity contribution in [3.8, 4) is 11.8 Å². The van der Waals surface area contributed by atoms with Gasteiger partial charge >= 0.3 is 0 Å². The monoisotopic (exact) mass is 416 g/mol. The molecule has 0 saturated heterocycles. The van der Waals surface area contributed by atoms with E-state index in [2.05, 4.69) is 56.3 Å². The quantitative estimate of drug-likeness (QED) is 0.620. The third-order valence-electron chi connectivity index (χ3n) is 4.04. The number of hydrogen-bond donors (Lipinski definition) is 2. The maximum absolute atomic E-state index is 9.02. The van der Waals surface area contributed by atoms with Crippen LogP contribution in [0, 0.1) is 15.0 Å². The molecular formula is C17H13IN4O. The number of aromatic amines is 1. The fourth-order valence-corrected chi connectivity index (χ4v) is 3.45. The molecule has 6 heteroatoms. The molecule has 2 N–H and O–H groups in total. The molecule has 3 aromatic rings. The summed E-state index contributed by atoms with van der Waals surface area (Å²) in [5.74, 6) is 0.798. The van der Waals surface area contributed by atoms with E-state index in [0.717, 1.165) is 38.0 Å². The highest BCUT2D eigenvalue weighted by Crippen LogP contribution is 2.35. The number of nitrogens with zero attached hydrogens (tertiary/aromatic N) is 2. The van der Waals surface area contributed by atoms with Gasteiger partial charge in [-0.1, -0.05) is 6.07 Å². The average molecular weight is 416 g/mol. The van der Waals surface area contributed by atoms with Crippen LogP contribution in [0.1, 0.15) is 23.6 Å². The van der Waals surface area contributed by atoms with E-state index in [1.165, 1.54) is 0 Å². The van der Waals surface area contributed by atoms with Crippen LogP contribution >= 0.6 is 22.6 Å². The van der Waals surface area contributed by atoms with Crippen LogP contribution < -0.4 is 10.1 Å². The number of anilines is 1. The van der Waals surface area contributed by atoms with Crippen molar-refractivity contribution in [1.29, 1.82) is 5.26 Å². The highest BCUT2D eigenvalue weighted by molar-refractivity contribution is 14.1. The molecule has 1 aliphatic heterocycles. The molecular weight excluding hydrogens is 403 g/mol. The van der Waals surface area contributed by atoms with Crippen molar-refractivity contribution >= 4 is 39.2 Å². The Morgan fingerprint density at radius 2 is 2.22 bits per heavy atom. The molecule has 0 saturated carbocycles. The zero-order valence-electron chi connectivity index (χ0n) is 12.1. The van der Waals surface area contributed by atoms with Crippen LogP contribution in [0.2, 0.25) is 0 Å². The largest absolute Gasteiger partial charge is 0.493 e. The summed E-state index contributed by atoms with van der Waals surface area (Å²) in [5.41, 5.74) is 3.81. The Kier molecular flexibility index (Phi) is 3.58. The molecule has 114 valence electrons. The fraction of sp³-hybridized carbons (Fsp3) is 0.176. The van der Waals surface area contributed by atoms with Crippen molar-refractivity contribution in [2.75, 3.05) is 11.9 Å². The number of nitriles is 1. The number of ether oxygens (including phenoxy) is 1. The third-order valence-corrected chi connectivity index (χ3v) is 4.86. The summed E-state index contributed by atoms with van der Waals surface area (Å²) < 4.78 is 6.67. The number of nitrogens with one attached hydrogen (secondary N) is 2. The zero-order chi connectivity index (χ0) is 15.8. The highest BCUT2D eigenvalue weighted by atomic mass is 127. The first-order valence-electron chi connectivity index (χ1n) is 7.31. The molecule has 4 rings (SSSR count). The lowest BCUT2D eigenvalue weighted by Crippen LogP contribution is -2.20. The molecule has 5 nitrogen and oxygen atoms in total. The Labute approximate surface area is 146 Å². The third kappa shape index (κ3) is 2.61. The van der Waals surface area contributed by atoms with Crippen molar-refractivity contribution in [2.45, 2.75) is 12.5 Å². The lowest BCUT2D eigenvalue weighted by Gasteiger charge is -2.27. The summed E-state index contributed by atoms with van der Waals surface area (Å²) in [5, 5.41) is 20.9. The number of hydrogen-bond acceptors (Lipinski definition) is 4. The summed E-state index contributed by atoms with van der Waals surface area (Å²) in [7, 11) is 0.